The van der Waals surface area contributed by atoms with Crippen LogP contribution in [0.3, 0.4) is 0 Å². The predicted molar refractivity (Wildman–Crippen MR) is 116 cm³/mol. The summed E-state index contributed by atoms with van der Waals surface area (Å²) in [5, 5.41) is 0. The zero-order valence-electron chi connectivity index (χ0n) is 18.6. The van der Waals surface area contributed by atoms with Crippen molar-refractivity contribution in [2.75, 3.05) is 13.6 Å². The van der Waals surface area contributed by atoms with Crippen molar-refractivity contribution in [1.29, 1.82) is 0 Å². The Morgan fingerprint density at radius 2 is 1.78 bits per heavy atom. The molecule has 1 fully saturated rings. The Morgan fingerprint density at radius 1 is 1.09 bits per heavy atom. The number of pyridine rings is 1. The van der Waals surface area contributed by atoms with E-state index in [0.29, 0.717) is 48.4 Å². The molecule has 1 saturated heterocycles. The molecule has 32 heavy (non-hydrogen) atoms. The van der Waals surface area contributed by atoms with Crippen LogP contribution in [0.25, 0.3) is 11.1 Å². The third-order valence-electron chi connectivity index (χ3n) is 5.83. The largest absolute Gasteiger partial charge is 0.486 e. The van der Waals surface area contributed by atoms with E-state index in [1.165, 1.54) is 12.1 Å². The molecule has 0 saturated carbocycles. The molecule has 2 aliphatic heterocycles. The van der Waals surface area contributed by atoms with Crippen molar-refractivity contribution < 1.29 is 22.7 Å². The molecule has 0 N–H and O–H groups in total. The SMILES string of the molecule is CN1CC[C@]2(CCC(c3cc(-c4ccc(C(F)(F)F)cc4)c(OC(C)(C)C)cn3)=N2)C1=O. The van der Waals surface area contributed by atoms with Gasteiger partial charge in [0.25, 0.3) is 0 Å². The number of halogens is 3. The van der Waals surface area contributed by atoms with Crippen LogP contribution in [-0.2, 0) is 11.0 Å². The first kappa shape index (κ1) is 22.3. The summed E-state index contributed by atoms with van der Waals surface area (Å²) in [6.45, 7) is 6.36. The standard InChI is InChI=1S/C24H26F3N3O2/c1-22(2,3)32-20-14-28-19(18-9-10-23(29-18)11-12-30(4)21(23)31)13-17(20)15-5-7-16(8-6-15)24(25,26)27/h5-8,13-14H,9-12H2,1-4H3/t23-/m1/s1. The van der Waals surface area contributed by atoms with Crippen molar-refractivity contribution in [3.63, 3.8) is 0 Å². The highest BCUT2D eigenvalue weighted by atomic mass is 19.4. The number of hydrogen-bond donors (Lipinski definition) is 0. The number of nitrogens with zero attached hydrogens (tertiary/aromatic N) is 3. The number of likely N-dealkylation sites (N-methyl/N-ethyl adjacent to an activating group) is 1. The Bertz CT molecular complexity index is 1070. The van der Waals surface area contributed by atoms with E-state index < -0.39 is 22.9 Å². The molecule has 0 unspecified atom stereocenters. The molecule has 2 aliphatic rings. The Labute approximate surface area is 185 Å². The number of aromatic nitrogens is 1. The minimum absolute atomic E-state index is 0.0307. The van der Waals surface area contributed by atoms with Crippen molar-refractivity contribution in [2.24, 2.45) is 4.99 Å². The first-order valence-corrected chi connectivity index (χ1v) is 10.6. The highest BCUT2D eigenvalue weighted by molar-refractivity contribution is 6.05. The van der Waals surface area contributed by atoms with Crippen LogP contribution >= 0.6 is 0 Å². The van der Waals surface area contributed by atoms with Gasteiger partial charge >= 0.3 is 6.18 Å². The lowest BCUT2D eigenvalue weighted by atomic mass is 9.95. The minimum Gasteiger partial charge on any atom is -0.486 e. The number of carbonyl (C=O) groups excluding carboxylic acids is 1. The summed E-state index contributed by atoms with van der Waals surface area (Å²) < 4.78 is 45.1. The summed E-state index contributed by atoms with van der Waals surface area (Å²) in [5.41, 5.74) is 0.646. The van der Waals surface area contributed by atoms with E-state index in [9.17, 15) is 18.0 Å². The van der Waals surface area contributed by atoms with Crippen molar-refractivity contribution in [1.82, 2.24) is 9.88 Å². The summed E-state index contributed by atoms with van der Waals surface area (Å²) in [6, 6.07) is 6.79. The maximum atomic E-state index is 13.0. The van der Waals surface area contributed by atoms with Crippen LogP contribution in [0.4, 0.5) is 13.2 Å². The molecular formula is C24H26F3N3O2. The summed E-state index contributed by atoms with van der Waals surface area (Å²) in [7, 11) is 1.78. The molecule has 8 heteroatoms. The van der Waals surface area contributed by atoms with E-state index in [2.05, 4.69) is 4.98 Å². The van der Waals surface area contributed by atoms with Gasteiger partial charge in [0.2, 0.25) is 5.91 Å². The topological polar surface area (TPSA) is 54.8 Å². The lowest BCUT2D eigenvalue weighted by Crippen LogP contribution is -2.35. The van der Waals surface area contributed by atoms with Gasteiger partial charge in [0, 0.05) is 19.2 Å². The molecule has 170 valence electrons. The maximum absolute atomic E-state index is 13.0. The normalized spacial score (nSPS) is 21.4. The monoisotopic (exact) mass is 445 g/mol. The Balaban J connectivity index is 1.75. The summed E-state index contributed by atoms with van der Waals surface area (Å²) in [4.78, 5) is 23.6. The Kier molecular flexibility index (Phi) is 5.30. The second kappa shape index (κ2) is 7.60. The van der Waals surface area contributed by atoms with Crippen molar-refractivity contribution >= 4 is 11.6 Å². The minimum atomic E-state index is -4.40. The first-order valence-electron chi connectivity index (χ1n) is 10.6. The van der Waals surface area contributed by atoms with E-state index in [1.54, 1.807) is 24.2 Å². The molecule has 0 bridgehead atoms. The second-order valence-electron chi connectivity index (χ2n) is 9.42. The predicted octanol–water partition coefficient (Wildman–Crippen LogP) is 5.13. The van der Waals surface area contributed by atoms with E-state index in [-0.39, 0.29) is 5.91 Å². The number of benzene rings is 1. The number of rotatable bonds is 3. The quantitative estimate of drug-likeness (QED) is 0.658. The Morgan fingerprint density at radius 3 is 2.34 bits per heavy atom. The first-order chi connectivity index (χ1) is 14.9. The number of alkyl halides is 3. The zero-order valence-corrected chi connectivity index (χ0v) is 18.6. The van der Waals surface area contributed by atoms with Crippen LogP contribution in [-0.4, -0.2) is 46.2 Å². The molecule has 2 aromatic rings. The molecule has 1 atom stereocenters. The smallest absolute Gasteiger partial charge is 0.416 e. The van der Waals surface area contributed by atoms with Gasteiger partial charge in [-0.2, -0.15) is 13.2 Å². The molecule has 1 aromatic heterocycles. The van der Waals surface area contributed by atoms with E-state index in [1.807, 2.05) is 20.8 Å². The number of likely N-dealkylation sites (tertiary alicyclic amines) is 1. The van der Waals surface area contributed by atoms with Gasteiger partial charge in [-0.25, -0.2) is 0 Å². The van der Waals surface area contributed by atoms with E-state index in [4.69, 9.17) is 9.73 Å². The molecule has 5 nitrogen and oxygen atoms in total. The number of amides is 1. The second-order valence-corrected chi connectivity index (χ2v) is 9.42. The molecule has 0 aliphatic carbocycles. The van der Waals surface area contributed by atoms with Crippen LogP contribution in [0, 0.1) is 0 Å². The number of carbonyl (C=O) groups is 1. The van der Waals surface area contributed by atoms with Gasteiger partial charge in [-0.05, 0) is 63.8 Å². The van der Waals surface area contributed by atoms with Crippen LogP contribution in [0.1, 0.15) is 51.3 Å². The fourth-order valence-electron chi connectivity index (χ4n) is 4.21. The summed E-state index contributed by atoms with van der Waals surface area (Å²) in [6.07, 6.45) is -0.866. The molecule has 1 amide bonds. The molecule has 3 heterocycles. The molecule has 4 rings (SSSR count). The summed E-state index contributed by atoms with van der Waals surface area (Å²) >= 11 is 0. The van der Waals surface area contributed by atoms with Crippen LogP contribution < -0.4 is 4.74 Å². The highest BCUT2D eigenvalue weighted by Crippen LogP contribution is 2.39. The van der Waals surface area contributed by atoms with Crippen molar-refractivity contribution in [2.45, 2.75) is 57.3 Å². The van der Waals surface area contributed by atoms with Gasteiger partial charge in [0.05, 0.1) is 23.2 Å². The van der Waals surface area contributed by atoms with Gasteiger partial charge in [0.1, 0.15) is 16.9 Å². The molecule has 1 aromatic carbocycles. The highest BCUT2D eigenvalue weighted by Gasteiger charge is 2.48. The van der Waals surface area contributed by atoms with Crippen molar-refractivity contribution in [3.05, 3.63) is 47.8 Å². The van der Waals surface area contributed by atoms with Crippen LogP contribution in [0.5, 0.6) is 5.75 Å². The lowest BCUT2D eigenvalue weighted by molar-refractivity contribution is -0.137. The van der Waals surface area contributed by atoms with Crippen LogP contribution in [0.2, 0.25) is 0 Å². The van der Waals surface area contributed by atoms with Gasteiger partial charge < -0.3 is 9.64 Å². The molecular weight excluding hydrogens is 419 g/mol. The lowest BCUT2D eigenvalue weighted by Gasteiger charge is -2.23. The van der Waals surface area contributed by atoms with Gasteiger partial charge in [-0.15, -0.1) is 0 Å². The van der Waals surface area contributed by atoms with E-state index in [0.717, 1.165) is 17.8 Å². The maximum Gasteiger partial charge on any atom is 0.416 e. The third-order valence-corrected chi connectivity index (χ3v) is 5.83. The average Bonchev–Trinajstić information content (AvgIpc) is 3.26. The van der Waals surface area contributed by atoms with Crippen LogP contribution in [0.15, 0.2) is 41.5 Å². The summed E-state index contributed by atoms with van der Waals surface area (Å²) in [5.74, 6) is 0.508. The van der Waals surface area contributed by atoms with Gasteiger partial charge in [-0.1, -0.05) is 12.1 Å². The Hall–Kier alpha value is -2.90. The van der Waals surface area contributed by atoms with Crippen molar-refractivity contribution in [3.8, 4) is 16.9 Å². The zero-order chi connectivity index (χ0) is 23.3. The van der Waals surface area contributed by atoms with Gasteiger partial charge in [-0.3, -0.25) is 14.8 Å². The molecule has 1 spiro atoms. The average molecular weight is 445 g/mol. The number of hydrogen-bond acceptors (Lipinski definition) is 4. The number of ether oxygens (including phenoxy) is 1. The van der Waals surface area contributed by atoms with E-state index >= 15 is 0 Å². The number of aliphatic imine (C=N–C) groups is 1. The van der Waals surface area contributed by atoms with Gasteiger partial charge in [0.15, 0.2) is 0 Å². The molecule has 0 radical (unpaired) electrons. The fourth-order valence-corrected chi connectivity index (χ4v) is 4.21. The fraction of sp³-hybridized carbons (Fsp3) is 0.458. The third kappa shape index (κ3) is 4.23.